The van der Waals surface area contributed by atoms with Crippen molar-refractivity contribution in [3.05, 3.63) is 65.7 Å². The van der Waals surface area contributed by atoms with Crippen LogP contribution >= 0.6 is 21.6 Å². The van der Waals surface area contributed by atoms with E-state index in [9.17, 15) is 57.8 Å². The number of nitrogens with one attached hydrogen (secondary N) is 8. The standard InChI is InChI=1S/C54H80N12O12S2/c1-33(2)27-38-49(73)64-41(30-44(56)68)52(76)65-42(54(78)66-25-12-16-43(66)53(77)61-37(48(72)59-31-45(57)69)15-9-11-24-58-46(70)17-8-3-4-10-23-55)32-80-79-26-22-47(71)60-39(29-35-18-20-36(67)21-19-35)50(74)63-40(51(75)62-38)28-34-13-6-5-7-14-34/h5-7,13-14,18-21,33,37-43,67H,3-4,8-12,15-17,22-32,55H2,1-2H3,(H2,56,68)(H2,57,69)(H,58,70)(H,59,72)(H,60,71)(H,61,77)(H,62,75)(H,63,74)(H,64,73)(H,65,76)/t37-,38-,39-,40-,41-,42-,43-/m0/s1. The fraction of sp³-hybridized carbons (Fsp3) is 0.574. The molecule has 0 radical (unpaired) electrons. The summed E-state index contributed by atoms with van der Waals surface area (Å²) in [6.45, 7) is 4.07. The fourth-order valence-corrected chi connectivity index (χ4v) is 11.1. The second-order valence-electron chi connectivity index (χ2n) is 20.3. The van der Waals surface area contributed by atoms with Crippen LogP contribution in [0.25, 0.3) is 0 Å². The lowest BCUT2D eigenvalue weighted by Gasteiger charge is -2.31. The highest BCUT2D eigenvalue weighted by Gasteiger charge is 2.40. The van der Waals surface area contributed by atoms with Gasteiger partial charge in [0.2, 0.25) is 65.0 Å². The number of amides is 11. The minimum atomic E-state index is -1.66. The summed E-state index contributed by atoms with van der Waals surface area (Å²) in [5.41, 5.74) is 17.7. The maximum atomic E-state index is 14.7. The number of benzene rings is 2. The van der Waals surface area contributed by atoms with Gasteiger partial charge in [-0.1, -0.05) is 90.7 Å². The number of hydrogen-bond acceptors (Lipinski definition) is 15. The van der Waals surface area contributed by atoms with E-state index >= 15 is 0 Å². The lowest BCUT2D eigenvalue weighted by Crippen LogP contribution is -2.61. The molecule has 0 aliphatic carbocycles. The Balaban J connectivity index is 1.60. The minimum absolute atomic E-state index is 0.0140. The molecule has 0 spiro atoms. The first-order chi connectivity index (χ1) is 38.2. The molecule has 0 unspecified atom stereocenters. The number of nitrogens with two attached hydrogens (primary N) is 3. The second kappa shape index (κ2) is 34.9. The summed E-state index contributed by atoms with van der Waals surface area (Å²) < 4.78 is 0. The topological polar surface area (TPSA) is 386 Å². The number of rotatable bonds is 25. The van der Waals surface area contributed by atoms with Crippen LogP contribution in [0.3, 0.4) is 0 Å². The summed E-state index contributed by atoms with van der Waals surface area (Å²) in [4.78, 5) is 151. The smallest absolute Gasteiger partial charge is 0.246 e. The van der Waals surface area contributed by atoms with Gasteiger partial charge in [0.25, 0.3) is 0 Å². The second-order valence-corrected chi connectivity index (χ2v) is 22.9. The average Bonchev–Trinajstić information content (AvgIpc) is 3.93. The summed E-state index contributed by atoms with van der Waals surface area (Å²) in [7, 11) is 2.28. The number of carbonyl (C=O) groups excluding carboxylic acids is 11. The first kappa shape index (κ1) is 65.6. The molecule has 0 saturated carbocycles. The van der Waals surface area contributed by atoms with Crippen LogP contribution in [-0.4, -0.2) is 155 Å². The predicted molar refractivity (Wildman–Crippen MR) is 302 cm³/mol. The zero-order chi connectivity index (χ0) is 58.6. The Morgan fingerprint density at radius 2 is 1.34 bits per heavy atom. The van der Waals surface area contributed by atoms with E-state index in [-0.39, 0.29) is 74.1 Å². The summed E-state index contributed by atoms with van der Waals surface area (Å²) in [5.74, 6) is -8.12. The molecule has 7 atom stereocenters. The van der Waals surface area contributed by atoms with Crippen molar-refractivity contribution in [2.24, 2.45) is 23.1 Å². The molecule has 0 bridgehead atoms. The van der Waals surface area contributed by atoms with Gasteiger partial charge in [0, 0.05) is 50.3 Å². The van der Waals surface area contributed by atoms with Crippen LogP contribution in [0.15, 0.2) is 54.6 Å². The van der Waals surface area contributed by atoms with Gasteiger partial charge < -0.3 is 69.7 Å². The summed E-state index contributed by atoms with van der Waals surface area (Å²) in [6.07, 6.45) is 4.41. The SMILES string of the molecule is CC(C)C[C@@H]1NC(=O)[C@H](Cc2ccccc2)NC(=O)[C@H](Cc2ccc(O)cc2)NC(=O)CCSSC[C@@H](C(=O)N2CCC[C@H]2C(=O)N[C@@H](CCCCNC(=O)CCCCCCN)C(=O)NCC(N)=O)NC(=O)[C@H](CC(N)=O)NC1=O. The van der Waals surface area contributed by atoms with Crippen molar-refractivity contribution in [1.82, 2.24) is 47.4 Å². The third kappa shape index (κ3) is 23.8. The molecule has 2 aromatic carbocycles. The lowest BCUT2D eigenvalue weighted by molar-refractivity contribution is -0.142. The molecule has 11 amide bonds. The molecule has 24 nitrogen and oxygen atoms in total. The maximum absolute atomic E-state index is 14.7. The van der Waals surface area contributed by atoms with Crippen molar-refractivity contribution in [3.63, 3.8) is 0 Å². The van der Waals surface area contributed by atoms with Crippen LogP contribution < -0.4 is 59.7 Å². The Bertz CT molecular complexity index is 2420. The van der Waals surface area contributed by atoms with Gasteiger partial charge in [-0.3, -0.25) is 52.7 Å². The Morgan fingerprint density at radius 3 is 2.00 bits per heavy atom. The number of phenols is 1. The van der Waals surface area contributed by atoms with E-state index in [0.29, 0.717) is 49.9 Å². The van der Waals surface area contributed by atoms with Crippen LogP contribution in [0, 0.1) is 5.92 Å². The van der Waals surface area contributed by atoms with Crippen molar-refractivity contribution in [1.29, 1.82) is 0 Å². The largest absolute Gasteiger partial charge is 0.508 e. The molecule has 2 aromatic rings. The van der Waals surface area contributed by atoms with Gasteiger partial charge in [0.1, 0.15) is 48.0 Å². The first-order valence-corrected chi connectivity index (χ1v) is 29.7. The van der Waals surface area contributed by atoms with Gasteiger partial charge in [-0.15, -0.1) is 0 Å². The van der Waals surface area contributed by atoms with E-state index < -0.39 is 114 Å². The highest BCUT2D eigenvalue weighted by atomic mass is 33.1. The van der Waals surface area contributed by atoms with Gasteiger partial charge >= 0.3 is 0 Å². The Morgan fingerprint density at radius 1 is 0.713 bits per heavy atom. The zero-order valence-corrected chi connectivity index (χ0v) is 47.2. The fourth-order valence-electron chi connectivity index (χ4n) is 9.00. The number of unbranched alkanes of at least 4 members (excludes halogenated alkanes) is 4. The molecular formula is C54H80N12O12S2. The highest BCUT2D eigenvalue weighted by molar-refractivity contribution is 8.76. The van der Waals surface area contributed by atoms with Gasteiger partial charge in [-0.2, -0.15) is 0 Å². The van der Waals surface area contributed by atoms with Gasteiger partial charge in [-0.05, 0) is 87.1 Å². The lowest BCUT2D eigenvalue weighted by atomic mass is 9.99. The minimum Gasteiger partial charge on any atom is -0.508 e. The van der Waals surface area contributed by atoms with Crippen molar-refractivity contribution in [2.75, 3.05) is 37.7 Å². The molecule has 0 aromatic heterocycles. The maximum Gasteiger partial charge on any atom is 0.246 e. The third-order valence-corrected chi connectivity index (χ3v) is 15.6. The number of phenolic OH excluding ortho intramolecular Hbond substituents is 1. The molecule has 2 fully saturated rings. The van der Waals surface area contributed by atoms with Crippen molar-refractivity contribution in [2.45, 2.75) is 152 Å². The van der Waals surface area contributed by atoms with Crippen LogP contribution in [0.4, 0.5) is 0 Å². The number of aromatic hydroxyl groups is 1. The molecule has 15 N–H and O–H groups in total. The number of carbonyl (C=O) groups is 11. The predicted octanol–water partition coefficient (Wildman–Crippen LogP) is -0.419. The normalized spacial score (nSPS) is 21.1. The van der Waals surface area contributed by atoms with Gasteiger partial charge in [0.05, 0.1) is 13.0 Å². The molecule has 2 heterocycles. The number of hydrogen-bond donors (Lipinski definition) is 12. The molecule has 2 aliphatic rings. The molecule has 2 aliphatic heterocycles. The Kier molecular flexibility index (Phi) is 28.6. The van der Waals surface area contributed by atoms with Gasteiger partial charge in [-0.25, -0.2) is 0 Å². The summed E-state index contributed by atoms with van der Waals surface area (Å²) in [5, 5.41) is 31.4. The van der Waals surface area contributed by atoms with Crippen LogP contribution in [0.2, 0.25) is 0 Å². The third-order valence-electron chi connectivity index (χ3n) is 13.2. The van der Waals surface area contributed by atoms with Crippen LogP contribution in [-0.2, 0) is 65.6 Å². The molecule has 26 heteroatoms. The Hall–Kier alpha value is -6.93. The van der Waals surface area contributed by atoms with Crippen LogP contribution in [0.5, 0.6) is 5.75 Å². The molecular weight excluding hydrogens is 1070 g/mol. The number of likely N-dealkylation sites (tertiary alicyclic amines) is 1. The quantitative estimate of drug-likeness (QED) is 0.0444. The van der Waals surface area contributed by atoms with E-state index in [0.717, 1.165) is 36.5 Å². The monoisotopic (exact) mass is 1150 g/mol. The van der Waals surface area contributed by atoms with Crippen LogP contribution in [0.1, 0.15) is 108 Å². The Labute approximate surface area is 474 Å². The van der Waals surface area contributed by atoms with E-state index in [4.69, 9.17) is 17.2 Å². The van der Waals surface area contributed by atoms with E-state index in [1.54, 1.807) is 56.3 Å². The highest BCUT2D eigenvalue weighted by Crippen LogP contribution is 2.26. The summed E-state index contributed by atoms with van der Waals surface area (Å²) >= 11 is 0. The molecule has 80 heavy (non-hydrogen) atoms. The number of nitrogens with zero attached hydrogens (tertiary/aromatic N) is 1. The van der Waals surface area contributed by atoms with E-state index in [1.807, 2.05) is 0 Å². The molecule has 2 saturated heterocycles. The van der Waals surface area contributed by atoms with E-state index in [2.05, 4.69) is 42.5 Å². The summed E-state index contributed by atoms with van der Waals surface area (Å²) in [6, 6.07) is 5.63. The van der Waals surface area contributed by atoms with Crippen molar-refractivity contribution in [3.8, 4) is 5.75 Å². The van der Waals surface area contributed by atoms with E-state index in [1.165, 1.54) is 27.8 Å². The first-order valence-electron chi connectivity index (χ1n) is 27.2. The number of primary amides is 2. The average molecular weight is 1150 g/mol. The van der Waals surface area contributed by atoms with Crippen molar-refractivity contribution >= 4 is 86.6 Å². The van der Waals surface area contributed by atoms with Crippen molar-refractivity contribution < 1.29 is 57.8 Å². The molecule has 440 valence electrons. The van der Waals surface area contributed by atoms with Gasteiger partial charge in [0.15, 0.2) is 0 Å². The zero-order valence-electron chi connectivity index (χ0n) is 45.6. The molecule has 4 rings (SSSR count).